The Morgan fingerprint density at radius 1 is 1.15 bits per heavy atom. The van der Waals surface area contributed by atoms with Gasteiger partial charge in [-0.05, 0) is 36.6 Å². The fraction of sp³-hybridized carbons (Fsp3) is 0.235. The van der Waals surface area contributed by atoms with Crippen molar-refractivity contribution in [2.24, 2.45) is 0 Å². The second kappa shape index (κ2) is 5.37. The van der Waals surface area contributed by atoms with Crippen molar-refractivity contribution >= 4 is 5.91 Å². The van der Waals surface area contributed by atoms with Gasteiger partial charge in [-0.1, -0.05) is 30.3 Å². The van der Waals surface area contributed by atoms with Gasteiger partial charge in [0.2, 0.25) is 0 Å². The first-order valence-electron chi connectivity index (χ1n) is 6.82. The molecule has 0 atom stereocenters. The van der Waals surface area contributed by atoms with E-state index in [2.05, 4.69) is 5.32 Å². The van der Waals surface area contributed by atoms with Crippen molar-refractivity contribution in [1.29, 1.82) is 0 Å². The van der Waals surface area contributed by atoms with Crippen LogP contribution in [0.4, 0.5) is 0 Å². The Morgan fingerprint density at radius 3 is 2.55 bits per heavy atom. The van der Waals surface area contributed by atoms with Gasteiger partial charge < -0.3 is 10.1 Å². The minimum absolute atomic E-state index is 0.00710. The summed E-state index contributed by atoms with van der Waals surface area (Å²) in [5, 5.41) is 3.01. The topological polar surface area (TPSA) is 38.3 Å². The molecule has 1 fully saturated rings. The van der Waals surface area contributed by atoms with Gasteiger partial charge >= 0.3 is 0 Å². The highest BCUT2D eigenvalue weighted by molar-refractivity contribution is 5.96. The van der Waals surface area contributed by atoms with Crippen molar-refractivity contribution in [3.63, 3.8) is 0 Å². The first-order valence-corrected chi connectivity index (χ1v) is 6.82. The molecule has 2 aromatic carbocycles. The average Bonchev–Trinajstić information content (AvgIpc) is 3.31. The van der Waals surface area contributed by atoms with Gasteiger partial charge in [-0.15, -0.1) is 0 Å². The average molecular weight is 267 g/mol. The standard InChI is InChI=1S/C17H17NO2/c1-20-16-10-7-13(17(19)18-14-8-9-14)11-15(16)12-5-3-2-4-6-12/h2-7,10-11,14H,8-9H2,1H3,(H,18,19). The first-order chi connectivity index (χ1) is 9.78. The van der Waals surface area contributed by atoms with E-state index >= 15 is 0 Å². The Bertz CT molecular complexity index is 618. The molecule has 0 spiro atoms. The lowest BCUT2D eigenvalue weighted by Crippen LogP contribution is -2.25. The van der Waals surface area contributed by atoms with E-state index in [0.717, 1.165) is 29.7 Å². The van der Waals surface area contributed by atoms with Crippen LogP contribution in [0.3, 0.4) is 0 Å². The third kappa shape index (κ3) is 2.67. The van der Waals surface area contributed by atoms with Crippen molar-refractivity contribution in [1.82, 2.24) is 5.32 Å². The van der Waals surface area contributed by atoms with Crippen LogP contribution in [0.5, 0.6) is 5.75 Å². The highest BCUT2D eigenvalue weighted by Crippen LogP contribution is 2.31. The number of rotatable bonds is 4. The van der Waals surface area contributed by atoms with Crippen LogP contribution in [-0.4, -0.2) is 19.1 Å². The maximum absolute atomic E-state index is 12.1. The molecule has 0 heterocycles. The molecule has 1 N–H and O–H groups in total. The van der Waals surface area contributed by atoms with Gasteiger partial charge in [-0.25, -0.2) is 0 Å². The molecule has 1 aliphatic rings. The van der Waals surface area contributed by atoms with Crippen LogP contribution in [0.15, 0.2) is 48.5 Å². The SMILES string of the molecule is COc1ccc(C(=O)NC2CC2)cc1-c1ccccc1. The number of nitrogens with one attached hydrogen (secondary N) is 1. The van der Waals surface area contributed by atoms with Crippen LogP contribution >= 0.6 is 0 Å². The molecule has 1 saturated carbocycles. The summed E-state index contributed by atoms with van der Waals surface area (Å²) in [5.74, 6) is 0.770. The third-order valence-corrected chi connectivity index (χ3v) is 3.46. The van der Waals surface area contributed by atoms with Crippen molar-refractivity contribution in [2.75, 3.05) is 7.11 Å². The zero-order chi connectivity index (χ0) is 13.9. The van der Waals surface area contributed by atoms with Gasteiger partial charge in [0.15, 0.2) is 0 Å². The van der Waals surface area contributed by atoms with Crippen LogP contribution in [0.25, 0.3) is 11.1 Å². The second-order valence-electron chi connectivity index (χ2n) is 5.03. The fourth-order valence-corrected chi connectivity index (χ4v) is 2.19. The quantitative estimate of drug-likeness (QED) is 0.923. The Morgan fingerprint density at radius 2 is 1.90 bits per heavy atom. The van der Waals surface area contributed by atoms with E-state index in [1.807, 2.05) is 48.5 Å². The summed E-state index contributed by atoms with van der Waals surface area (Å²) in [6.07, 6.45) is 2.18. The summed E-state index contributed by atoms with van der Waals surface area (Å²) < 4.78 is 5.40. The van der Waals surface area contributed by atoms with E-state index in [1.165, 1.54) is 0 Å². The molecule has 0 bridgehead atoms. The molecule has 2 aromatic rings. The van der Waals surface area contributed by atoms with Crippen LogP contribution in [0.1, 0.15) is 23.2 Å². The monoisotopic (exact) mass is 267 g/mol. The normalized spacial score (nSPS) is 13.8. The van der Waals surface area contributed by atoms with Crippen molar-refractivity contribution in [3.8, 4) is 16.9 Å². The zero-order valence-electron chi connectivity index (χ0n) is 11.4. The Balaban J connectivity index is 1.96. The maximum atomic E-state index is 12.1. The fourth-order valence-electron chi connectivity index (χ4n) is 2.19. The maximum Gasteiger partial charge on any atom is 0.251 e. The predicted octanol–water partition coefficient (Wildman–Crippen LogP) is 3.25. The van der Waals surface area contributed by atoms with Crippen LogP contribution in [-0.2, 0) is 0 Å². The highest BCUT2D eigenvalue weighted by Gasteiger charge is 2.24. The van der Waals surface area contributed by atoms with Gasteiger partial charge in [0.05, 0.1) is 7.11 Å². The molecule has 3 nitrogen and oxygen atoms in total. The summed E-state index contributed by atoms with van der Waals surface area (Å²) in [4.78, 5) is 12.1. The zero-order valence-corrected chi connectivity index (χ0v) is 11.4. The lowest BCUT2D eigenvalue weighted by molar-refractivity contribution is 0.0951. The molecule has 3 heteroatoms. The highest BCUT2D eigenvalue weighted by atomic mass is 16.5. The lowest BCUT2D eigenvalue weighted by Gasteiger charge is -2.11. The number of ether oxygens (including phenoxy) is 1. The predicted molar refractivity (Wildman–Crippen MR) is 78.9 cm³/mol. The van der Waals surface area contributed by atoms with E-state index in [9.17, 15) is 4.79 Å². The van der Waals surface area contributed by atoms with E-state index in [0.29, 0.717) is 11.6 Å². The summed E-state index contributed by atoms with van der Waals surface area (Å²) in [6.45, 7) is 0. The number of benzene rings is 2. The van der Waals surface area contributed by atoms with E-state index < -0.39 is 0 Å². The molecular formula is C17H17NO2. The van der Waals surface area contributed by atoms with E-state index in [-0.39, 0.29) is 5.91 Å². The molecule has 0 aliphatic heterocycles. The molecule has 0 aromatic heterocycles. The molecule has 1 amide bonds. The van der Waals surface area contributed by atoms with Crippen LogP contribution in [0.2, 0.25) is 0 Å². The lowest BCUT2D eigenvalue weighted by atomic mass is 10.0. The third-order valence-electron chi connectivity index (χ3n) is 3.46. The largest absolute Gasteiger partial charge is 0.496 e. The summed E-state index contributed by atoms with van der Waals surface area (Å²) in [6, 6.07) is 15.9. The number of hydrogen-bond donors (Lipinski definition) is 1. The van der Waals surface area contributed by atoms with Gasteiger partial charge in [0.1, 0.15) is 5.75 Å². The molecule has 20 heavy (non-hydrogen) atoms. The minimum atomic E-state index is -0.00710. The van der Waals surface area contributed by atoms with Gasteiger partial charge in [0.25, 0.3) is 5.91 Å². The molecule has 0 radical (unpaired) electrons. The molecular weight excluding hydrogens is 250 g/mol. The smallest absolute Gasteiger partial charge is 0.251 e. The Labute approximate surface area is 118 Å². The molecule has 3 rings (SSSR count). The summed E-state index contributed by atoms with van der Waals surface area (Å²) in [7, 11) is 1.64. The Hall–Kier alpha value is -2.29. The number of carbonyl (C=O) groups is 1. The second-order valence-corrected chi connectivity index (χ2v) is 5.03. The molecule has 1 aliphatic carbocycles. The minimum Gasteiger partial charge on any atom is -0.496 e. The number of amides is 1. The summed E-state index contributed by atoms with van der Waals surface area (Å²) >= 11 is 0. The molecule has 102 valence electrons. The van der Waals surface area contributed by atoms with Crippen molar-refractivity contribution in [3.05, 3.63) is 54.1 Å². The van der Waals surface area contributed by atoms with Crippen molar-refractivity contribution < 1.29 is 9.53 Å². The molecule has 0 saturated heterocycles. The number of methoxy groups -OCH3 is 1. The van der Waals surface area contributed by atoms with Crippen LogP contribution < -0.4 is 10.1 Å². The number of hydrogen-bond acceptors (Lipinski definition) is 2. The van der Waals surface area contributed by atoms with Gasteiger partial charge in [-0.2, -0.15) is 0 Å². The summed E-state index contributed by atoms with van der Waals surface area (Å²) in [5.41, 5.74) is 2.67. The number of carbonyl (C=O) groups excluding carboxylic acids is 1. The van der Waals surface area contributed by atoms with E-state index in [4.69, 9.17) is 4.74 Å². The van der Waals surface area contributed by atoms with Crippen molar-refractivity contribution in [2.45, 2.75) is 18.9 Å². The van der Waals surface area contributed by atoms with Gasteiger partial charge in [-0.3, -0.25) is 4.79 Å². The van der Waals surface area contributed by atoms with E-state index in [1.54, 1.807) is 7.11 Å². The first kappa shape index (κ1) is 12.7. The molecule has 0 unspecified atom stereocenters. The van der Waals surface area contributed by atoms with Gasteiger partial charge in [0, 0.05) is 17.2 Å². The van der Waals surface area contributed by atoms with Crippen LogP contribution in [0, 0.1) is 0 Å². The Kier molecular flexibility index (Phi) is 3.42.